The molecule has 0 rings (SSSR count). The molecule has 0 radical (unpaired) electrons. The SMILES string of the molecule is CCCCOC(=O)C(C(C(=O)OCCCC)N(CC)CC)N(C)C. The predicted molar refractivity (Wildman–Crippen MR) is 95.9 cm³/mol. The van der Waals surface area contributed by atoms with Crippen molar-refractivity contribution in [2.24, 2.45) is 0 Å². The zero-order valence-electron chi connectivity index (χ0n) is 16.3. The Bertz CT molecular complexity index is 357. The third-order valence-electron chi connectivity index (χ3n) is 4.03. The van der Waals surface area contributed by atoms with Gasteiger partial charge in [0.2, 0.25) is 0 Å². The lowest BCUT2D eigenvalue weighted by Gasteiger charge is -2.35. The molecular formula is C18H36N2O4. The molecule has 0 fully saturated rings. The minimum absolute atomic E-state index is 0.349. The van der Waals surface area contributed by atoms with Gasteiger partial charge in [-0.25, -0.2) is 0 Å². The molecular weight excluding hydrogens is 308 g/mol. The number of esters is 2. The fraction of sp³-hybridized carbons (Fsp3) is 0.889. The van der Waals surface area contributed by atoms with Crippen LogP contribution in [-0.2, 0) is 19.1 Å². The molecule has 0 saturated heterocycles. The summed E-state index contributed by atoms with van der Waals surface area (Å²) in [7, 11) is 3.59. The van der Waals surface area contributed by atoms with Crippen LogP contribution in [0.15, 0.2) is 0 Å². The van der Waals surface area contributed by atoms with Crippen LogP contribution in [-0.4, -0.2) is 74.2 Å². The third-order valence-corrected chi connectivity index (χ3v) is 4.03. The fourth-order valence-corrected chi connectivity index (χ4v) is 2.52. The van der Waals surface area contributed by atoms with Gasteiger partial charge in [0.1, 0.15) is 12.1 Å². The molecule has 0 bridgehead atoms. The molecule has 0 aliphatic heterocycles. The molecule has 6 nitrogen and oxygen atoms in total. The van der Waals surface area contributed by atoms with Gasteiger partial charge < -0.3 is 9.47 Å². The summed E-state index contributed by atoms with van der Waals surface area (Å²) in [6, 6.07) is -1.32. The Hall–Kier alpha value is -1.14. The van der Waals surface area contributed by atoms with E-state index in [1.54, 1.807) is 19.0 Å². The van der Waals surface area contributed by atoms with Crippen LogP contribution in [0.25, 0.3) is 0 Å². The summed E-state index contributed by atoms with van der Waals surface area (Å²) < 4.78 is 10.8. The summed E-state index contributed by atoms with van der Waals surface area (Å²) in [5, 5.41) is 0. The van der Waals surface area contributed by atoms with E-state index in [1.165, 1.54) is 0 Å². The Morgan fingerprint density at radius 1 is 0.792 bits per heavy atom. The monoisotopic (exact) mass is 344 g/mol. The maximum absolute atomic E-state index is 12.7. The van der Waals surface area contributed by atoms with Gasteiger partial charge in [-0.2, -0.15) is 0 Å². The van der Waals surface area contributed by atoms with E-state index in [4.69, 9.17) is 9.47 Å². The highest BCUT2D eigenvalue weighted by Crippen LogP contribution is 2.14. The molecule has 6 heteroatoms. The van der Waals surface area contributed by atoms with Crippen molar-refractivity contribution in [3.05, 3.63) is 0 Å². The second-order valence-electron chi connectivity index (χ2n) is 6.12. The topological polar surface area (TPSA) is 59.1 Å². The number of carbonyl (C=O) groups is 2. The van der Waals surface area contributed by atoms with Crippen molar-refractivity contribution in [3.63, 3.8) is 0 Å². The van der Waals surface area contributed by atoms with Crippen molar-refractivity contribution in [1.82, 2.24) is 9.80 Å². The molecule has 0 N–H and O–H groups in total. The van der Waals surface area contributed by atoms with E-state index in [0.29, 0.717) is 26.3 Å². The fourth-order valence-electron chi connectivity index (χ4n) is 2.52. The molecule has 24 heavy (non-hydrogen) atoms. The molecule has 2 atom stereocenters. The molecule has 0 aliphatic carbocycles. The van der Waals surface area contributed by atoms with Crippen molar-refractivity contribution < 1.29 is 19.1 Å². The van der Waals surface area contributed by atoms with Gasteiger partial charge in [-0.1, -0.05) is 40.5 Å². The van der Waals surface area contributed by atoms with Crippen molar-refractivity contribution >= 4 is 11.9 Å². The molecule has 0 aromatic rings. The zero-order chi connectivity index (χ0) is 18.5. The van der Waals surface area contributed by atoms with Gasteiger partial charge in [0, 0.05) is 0 Å². The molecule has 0 amide bonds. The number of carbonyl (C=O) groups excluding carboxylic acids is 2. The number of rotatable bonds is 13. The summed E-state index contributed by atoms with van der Waals surface area (Å²) in [6.45, 7) is 10.1. The third kappa shape index (κ3) is 7.62. The highest BCUT2D eigenvalue weighted by molar-refractivity contribution is 5.87. The lowest BCUT2D eigenvalue weighted by molar-refractivity contribution is -0.163. The second-order valence-corrected chi connectivity index (χ2v) is 6.12. The number of ether oxygens (including phenoxy) is 2. The lowest BCUT2D eigenvalue weighted by Crippen LogP contribution is -2.58. The smallest absolute Gasteiger partial charge is 0.325 e. The van der Waals surface area contributed by atoms with E-state index < -0.39 is 12.1 Å². The Labute approximate surface area is 147 Å². The number of likely N-dealkylation sites (N-methyl/N-ethyl adjacent to an activating group) is 2. The Morgan fingerprint density at radius 3 is 1.54 bits per heavy atom. The van der Waals surface area contributed by atoms with Gasteiger partial charge in [0.15, 0.2) is 0 Å². The molecule has 0 aromatic carbocycles. The van der Waals surface area contributed by atoms with Gasteiger partial charge in [0.05, 0.1) is 13.2 Å². The van der Waals surface area contributed by atoms with Gasteiger partial charge in [0.25, 0.3) is 0 Å². The summed E-state index contributed by atoms with van der Waals surface area (Å²) in [5.74, 6) is -0.712. The molecule has 2 unspecified atom stereocenters. The molecule has 0 saturated carbocycles. The first kappa shape index (κ1) is 22.9. The van der Waals surface area contributed by atoms with E-state index in [1.807, 2.05) is 32.6 Å². The standard InChI is InChI=1S/C18H36N2O4/c1-7-11-13-23-17(21)15(19(5)6)16(20(9-3)10-4)18(22)24-14-12-8-2/h15-16H,7-14H2,1-6H3. The normalized spacial score (nSPS) is 13.8. The Kier molecular flexibility index (Phi) is 12.6. The van der Waals surface area contributed by atoms with Gasteiger partial charge in [-0.05, 0) is 40.0 Å². The van der Waals surface area contributed by atoms with E-state index in [0.717, 1.165) is 25.7 Å². The average molecular weight is 344 g/mol. The van der Waals surface area contributed by atoms with E-state index >= 15 is 0 Å². The van der Waals surface area contributed by atoms with Crippen LogP contribution in [0.3, 0.4) is 0 Å². The van der Waals surface area contributed by atoms with Crippen molar-refractivity contribution in [2.45, 2.75) is 65.5 Å². The first-order valence-electron chi connectivity index (χ1n) is 9.18. The van der Waals surface area contributed by atoms with Crippen LogP contribution in [0.5, 0.6) is 0 Å². The van der Waals surface area contributed by atoms with E-state index in [9.17, 15) is 9.59 Å². The average Bonchev–Trinajstić information content (AvgIpc) is 2.54. The highest BCUT2D eigenvalue weighted by atomic mass is 16.5. The van der Waals surface area contributed by atoms with Crippen LogP contribution < -0.4 is 0 Å². The molecule has 142 valence electrons. The number of hydrogen-bond donors (Lipinski definition) is 0. The first-order valence-corrected chi connectivity index (χ1v) is 9.18. The minimum Gasteiger partial charge on any atom is -0.464 e. The summed E-state index contributed by atoms with van der Waals surface area (Å²) in [6.07, 6.45) is 3.56. The largest absolute Gasteiger partial charge is 0.464 e. The number of unbranched alkanes of at least 4 members (excludes halogenated alkanes) is 2. The zero-order valence-corrected chi connectivity index (χ0v) is 16.3. The van der Waals surface area contributed by atoms with Gasteiger partial charge in [-0.15, -0.1) is 0 Å². The van der Waals surface area contributed by atoms with Gasteiger partial charge >= 0.3 is 11.9 Å². The van der Waals surface area contributed by atoms with E-state index in [-0.39, 0.29) is 11.9 Å². The summed E-state index contributed by atoms with van der Waals surface area (Å²) in [5.41, 5.74) is 0. The maximum Gasteiger partial charge on any atom is 0.325 e. The van der Waals surface area contributed by atoms with Crippen molar-refractivity contribution in [1.29, 1.82) is 0 Å². The summed E-state index contributed by atoms with van der Waals surface area (Å²) >= 11 is 0. The second kappa shape index (κ2) is 13.2. The molecule has 0 spiro atoms. The maximum atomic E-state index is 12.7. The first-order chi connectivity index (χ1) is 11.4. The summed E-state index contributed by atoms with van der Waals surface area (Å²) in [4.78, 5) is 28.9. The quantitative estimate of drug-likeness (QED) is 0.377. The Balaban J connectivity index is 5.27. The molecule has 0 aromatic heterocycles. The van der Waals surface area contributed by atoms with Crippen LogP contribution in [0.2, 0.25) is 0 Å². The Morgan fingerprint density at radius 2 is 1.21 bits per heavy atom. The van der Waals surface area contributed by atoms with Gasteiger partial charge in [-0.3, -0.25) is 19.4 Å². The molecule has 0 heterocycles. The molecule has 0 aliphatic rings. The minimum atomic E-state index is -0.670. The van der Waals surface area contributed by atoms with E-state index in [2.05, 4.69) is 0 Å². The number of hydrogen-bond acceptors (Lipinski definition) is 6. The van der Waals surface area contributed by atoms with Crippen LogP contribution in [0.1, 0.15) is 53.4 Å². The van der Waals surface area contributed by atoms with Crippen LogP contribution in [0.4, 0.5) is 0 Å². The van der Waals surface area contributed by atoms with Crippen molar-refractivity contribution in [3.8, 4) is 0 Å². The lowest BCUT2D eigenvalue weighted by atomic mass is 10.1. The van der Waals surface area contributed by atoms with Crippen LogP contribution >= 0.6 is 0 Å². The predicted octanol–water partition coefficient (Wildman–Crippen LogP) is 2.31. The number of nitrogens with zero attached hydrogens (tertiary/aromatic N) is 2. The highest BCUT2D eigenvalue weighted by Gasteiger charge is 2.40. The van der Waals surface area contributed by atoms with Crippen molar-refractivity contribution in [2.75, 3.05) is 40.4 Å². The van der Waals surface area contributed by atoms with Crippen LogP contribution in [0, 0.1) is 0 Å².